The number of nitrogens with zero attached hydrogens (tertiary/aromatic N) is 2. The first-order chi connectivity index (χ1) is 12.2. The minimum absolute atomic E-state index is 0.118. The third-order valence-corrected chi connectivity index (χ3v) is 4.37. The van der Waals surface area contributed by atoms with Gasteiger partial charge in [0.1, 0.15) is 18.4 Å². The Kier molecular flexibility index (Phi) is 3.93. The van der Waals surface area contributed by atoms with E-state index in [4.69, 9.17) is 0 Å². The Morgan fingerprint density at radius 1 is 1.16 bits per heavy atom. The van der Waals surface area contributed by atoms with Gasteiger partial charge in [-0.3, -0.25) is 9.59 Å². The molecule has 0 unspecified atom stereocenters. The first kappa shape index (κ1) is 15.4. The summed E-state index contributed by atoms with van der Waals surface area (Å²) in [7, 11) is 0. The van der Waals surface area contributed by atoms with Gasteiger partial charge in [-0.05, 0) is 18.6 Å². The van der Waals surface area contributed by atoms with Crippen molar-refractivity contribution in [3.8, 4) is 11.4 Å². The molecule has 1 atom stereocenters. The van der Waals surface area contributed by atoms with Gasteiger partial charge in [0, 0.05) is 12.1 Å². The fraction of sp³-hybridized carbons (Fsp3) is 0.211. The van der Waals surface area contributed by atoms with Crippen molar-refractivity contribution >= 4 is 22.8 Å². The van der Waals surface area contributed by atoms with Crippen molar-refractivity contribution in [3.63, 3.8) is 0 Å². The lowest BCUT2D eigenvalue weighted by atomic mass is 10.2. The third kappa shape index (κ3) is 2.98. The summed E-state index contributed by atoms with van der Waals surface area (Å²) in [6.45, 7) is 0.724. The van der Waals surface area contributed by atoms with Crippen LogP contribution in [0.3, 0.4) is 0 Å². The molecule has 126 valence electrons. The molecule has 0 saturated carbocycles. The number of carbonyl (C=O) groups excluding carboxylic acids is 2. The fourth-order valence-electron chi connectivity index (χ4n) is 3.16. The number of aromatic nitrogens is 2. The lowest BCUT2D eigenvalue weighted by Gasteiger charge is -2.13. The van der Waals surface area contributed by atoms with Gasteiger partial charge >= 0.3 is 0 Å². The van der Waals surface area contributed by atoms with Crippen molar-refractivity contribution in [2.45, 2.75) is 19.0 Å². The molecular weight excluding hydrogens is 316 g/mol. The molecular formula is C19H18N4O2. The summed E-state index contributed by atoms with van der Waals surface area (Å²) in [6, 6.07) is 17.1. The average Bonchev–Trinajstić information content (AvgIpc) is 3.20. The molecule has 0 bridgehead atoms. The van der Waals surface area contributed by atoms with Crippen LogP contribution in [0.15, 0.2) is 54.6 Å². The van der Waals surface area contributed by atoms with Crippen LogP contribution in [0.4, 0.5) is 0 Å². The molecule has 1 fully saturated rings. The van der Waals surface area contributed by atoms with Gasteiger partial charge in [0.2, 0.25) is 11.8 Å². The highest BCUT2D eigenvalue weighted by molar-refractivity contribution is 5.90. The van der Waals surface area contributed by atoms with Gasteiger partial charge < -0.3 is 15.2 Å². The summed E-state index contributed by atoms with van der Waals surface area (Å²) in [5, 5.41) is 5.54. The van der Waals surface area contributed by atoms with Crippen LogP contribution in [0, 0.1) is 0 Å². The predicted molar refractivity (Wildman–Crippen MR) is 94.7 cm³/mol. The number of hydrogen-bond acceptors (Lipinski definition) is 3. The van der Waals surface area contributed by atoms with Crippen LogP contribution in [0.25, 0.3) is 22.4 Å². The second-order valence-corrected chi connectivity index (χ2v) is 6.08. The number of imidazole rings is 1. The zero-order valence-corrected chi connectivity index (χ0v) is 13.6. The van der Waals surface area contributed by atoms with E-state index in [0.717, 1.165) is 22.4 Å². The first-order valence-corrected chi connectivity index (χ1v) is 8.30. The molecule has 2 heterocycles. The quantitative estimate of drug-likeness (QED) is 0.763. The smallest absolute Gasteiger partial charge is 0.242 e. The molecule has 0 spiro atoms. The molecule has 2 aromatic carbocycles. The highest BCUT2D eigenvalue weighted by Gasteiger charge is 2.26. The summed E-state index contributed by atoms with van der Waals surface area (Å²) in [5.74, 6) is 0.433. The Labute approximate surface area is 144 Å². The maximum absolute atomic E-state index is 12.5. The molecule has 0 aliphatic carbocycles. The number of rotatable bonds is 4. The molecule has 4 rings (SSSR count). The van der Waals surface area contributed by atoms with E-state index in [-0.39, 0.29) is 18.4 Å². The minimum atomic E-state index is -0.442. The molecule has 1 aromatic heterocycles. The number of hydrogen-bond donors (Lipinski definition) is 2. The van der Waals surface area contributed by atoms with Crippen molar-refractivity contribution < 1.29 is 9.59 Å². The van der Waals surface area contributed by atoms with Gasteiger partial charge in [-0.2, -0.15) is 0 Å². The standard InChI is InChI=1S/C19H18N4O2/c24-17(21-15-10-11-20-19(15)25)12-23-16-9-5-4-8-14(16)22-18(23)13-6-2-1-3-7-13/h1-9,15H,10-12H2,(H,20,25)(H,21,24)/t15-/m0/s1. The largest absolute Gasteiger partial charge is 0.354 e. The SMILES string of the molecule is O=C(Cn1c(-c2ccccc2)nc2ccccc21)N[C@H]1CCNC1=O. The molecule has 1 aliphatic rings. The summed E-state index contributed by atoms with van der Waals surface area (Å²) >= 11 is 0. The Bertz CT molecular complexity index is 933. The molecule has 1 saturated heterocycles. The Morgan fingerprint density at radius 2 is 1.92 bits per heavy atom. The molecule has 25 heavy (non-hydrogen) atoms. The van der Waals surface area contributed by atoms with Crippen LogP contribution in [0.1, 0.15) is 6.42 Å². The fourth-order valence-corrected chi connectivity index (χ4v) is 3.16. The maximum Gasteiger partial charge on any atom is 0.242 e. The van der Waals surface area contributed by atoms with E-state index in [1.165, 1.54) is 0 Å². The highest BCUT2D eigenvalue weighted by Crippen LogP contribution is 2.24. The van der Waals surface area contributed by atoms with E-state index in [9.17, 15) is 9.59 Å². The van der Waals surface area contributed by atoms with E-state index >= 15 is 0 Å². The van der Waals surface area contributed by atoms with E-state index < -0.39 is 6.04 Å². The number of fused-ring (bicyclic) bond motifs is 1. The van der Waals surface area contributed by atoms with Crippen LogP contribution < -0.4 is 10.6 Å². The van der Waals surface area contributed by atoms with Gasteiger partial charge in [0.25, 0.3) is 0 Å². The Hall–Kier alpha value is -3.15. The zero-order valence-electron chi connectivity index (χ0n) is 13.6. The second-order valence-electron chi connectivity index (χ2n) is 6.08. The molecule has 6 nitrogen and oxygen atoms in total. The molecule has 2 N–H and O–H groups in total. The first-order valence-electron chi connectivity index (χ1n) is 8.30. The zero-order chi connectivity index (χ0) is 17.2. The third-order valence-electron chi connectivity index (χ3n) is 4.37. The number of amides is 2. The van der Waals surface area contributed by atoms with E-state index in [0.29, 0.717) is 13.0 Å². The topological polar surface area (TPSA) is 76.0 Å². The van der Waals surface area contributed by atoms with Crippen molar-refractivity contribution in [2.75, 3.05) is 6.54 Å². The summed E-state index contributed by atoms with van der Waals surface area (Å²) < 4.78 is 1.90. The Morgan fingerprint density at radius 3 is 2.68 bits per heavy atom. The van der Waals surface area contributed by atoms with Gasteiger partial charge in [0.15, 0.2) is 0 Å². The molecule has 3 aromatic rings. The molecule has 1 aliphatic heterocycles. The normalized spacial score (nSPS) is 16.8. The molecule has 2 amide bonds. The van der Waals surface area contributed by atoms with Gasteiger partial charge in [-0.15, -0.1) is 0 Å². The Balaban J connectivity index is 1.68. The van der Waals surface area contributed by atoms with Crippen LogP contribution >= 0.6 is 0 Å². The summed E-state index contributed by atoms with van der Waals surface area (Å²) in [4.78, 5) is 28.9. The van der Waals surface area contributed by atoms with Crippen molar-refractivity contribution in [1.82, 2.24) is 20.2 Å². The monoisotopic (exact) mass is 334 g/mol. The van der Waals surface area contributed by atoms with Crippen LogP contribution in [-0.4, -0.2) is 34.0 Å². The van der Waals surface area contributed by atoms with Crippen molar-refractivity contribution in [1.29, 1.82) is 0 Å². The predicted octanol–water partition coefficient (Wildman–Crippen LogP) is 1.71. The number of para-hydroxylation sites is 2. The van der Waals surface area contributed by atoms with Gasteiger partial charge in [-0.25, -0.2) is 4.98 Å². The van der Waals surface area contributed by atoms with Crippen molar-refractivity contribution in [3.05, 3.63) is 54.6 Å². The lowest BCUT2D eigenvalue weighted by molar-refractivity contribution is -0.127. The summed E-state index contributed by atoms with van der Waals surface area (Å²) in [5.41, 5.74) is 2.69. The van der Waals surface area contributed by atoms with E-state index in [2.05, 4.69) is 15.6 Å². The average molecular weight is 334 g/mol. The molecule has 6 heteroatoms. The van der Waals surface area contributed by atoms with E-state index in [1.807, 2.05) is 59.2 Å². The molecule has 0 radical (unpaired) electrons. The highest BCUT2D eigenvalue weighted by atomic mass is 16.2. The summed E-state index contributed by atoms with van der Waals surface area (Å²) in [6.07, 6.45) is 0.626. The maximum atomic E-state index is 12.5. The van der Waals surface area contributed by atoms with E-state index in [1.54, 1.807) is 0 Å². The lowest BCUT2D eigenvalue weighted by Crippen LogP contribution is -2.41. The second kappa shape index (κ2) is 6.39. The van der Waals surface area contributed by atoms with Crippen LogP contribution in [0.2, 0.25) is 0 Å². The number of nitrogens with one attached hydrogen (secondary N) is 2. The number of benzene rings is 2. The number of carbonyl (C=O) groups is 2. The van der Waals surface area contributed by atoms with Crippen LogP contribution in [-0.2, 0) is 16.1 Å². The van der Waals surface area contributed by atoms with Gasteiger partial charge in [0.05, 0.1) is 11.0 Å². The van der Waals surface area contributed by atoms with Crippen LogP contribution in [0.5, 0.6) is 0 Å². The van der Waals surface area contributed by atoms with Gasteiger partial charge in [-0.1, -0.05) is 42.5 Å². The minimum Gasteiger partial charge on any atom is -0.354 e. The van der Waals surface area contributed by atoms with Crippen molar-refractivity contribution in [2.24, 2.45) is 0 Å².